The summed E-state index contributed by atoms with van der Waals surface area (Å²) in [6.07, 6.45) is 1.89. The van der Waals surface area contributed by atoms with Crippen LogP contribution in [0.1, 0.15) is 43.2 Å². The van der Waals surface area contributed by atoms with E-state index in [0.717, 1.165) is 24.1 Å². The van der Waals surface area contributed by atoms with Gasteiger partial charge in [-0.3, -0.25) is 4.79 Å². The lowest BCUT2D eigenvalue weighted by atomic mass is 9.75. The molecule has 0 saturated heterocycles. The van der Waals surface area contributed by atoms with Crippen LogP contribution in [0.4, 0.5) is 4.39 Å². The number of halogens is 1. The van der Waals surface area contributed by atoms with E-state index in [0.29, 0.717) is 34.6 Å². The highest BCUT2D eigenvalue weighted by Gasteiger charge is 2.39. The van der Waals surface area contributed by atoms with Crippen molar-refractivity contribution in [2.75, 3.05) is 7.11 Å². The van der Waals surface area contributed by atoms with Gasteiger partial charge in [0.25, 0.3) is 0 Å². The molecule has 0 fully saturated rings. The van der Waals surface area contributed by atoms with Crippen LogP contribution in [0.25, 0.3) is 0 Å². The predicted molar refractivity (Wildman–Crippen MR) is 114 cm³/mol. The highest BCUT2D eigenvalue weighted by molar-refractivity contribution is 6.03. The Labute approximate surface area is 180 Å². The second-order valence-corrected chi connectivity index (χ2v) is 7.74. The summed E-state index contributed by atoms with van der Waals surface area (Å²) < 4.78 is 24.8. The maximum absolute atomic E-state index is 14.0. The maximum Gasteiger partial charge on any atom is 0.337 e. The number of benzene rings is 2. The van der Waals surface area contributed by atoms with Crippen LogP contribution in [0.15, 0.2) is 71.1 Å². The molecular formula is C25H24FNO4. The lowest BCUT2D eigenvalue weighted by Gasteiger charge is -2.34. The van der Waals surface area contributed by atoms with E-state index < -0.39 is 17.7 Å². The number of allylic oxidation sites excluding steroid dienone is 3. The van der Waals surface area contributed by atoms with Gasteiger partial charge in [-0.15, -0.1) is 0 Å². The molecule has 0 saturated carbocycles. The van der Waals surface area contributed by atoms with Gasteiger partial charge < -0.3 is 14.8 Å². The third-order valence-electron chi connectivity index (χ3n) is 5.71. The van der Waals surface area contributed by atoms with Crippen molar-refractivity contribution in [1.82, 2.24) is 5.32 Å². The van der Waals surface area contributed by atoms with Crippen LogP contribution in [0.2, 0.25) is 0 Å². The Balaban J connectivity index is 1.66. The number of ketones is 1. The number of hydrogen-bond acceptors (Lipinski definition) is 5. The van der Waals surface area contributed by atoms with E-state index in [2.05, 4.69) is 5.32 Å². The van der Waals surface area contributed by atoms with Crippen molar-refractivity contribution in [2.45, 2.75) is 38.7 Å². The molecule has 0 unspecified atom stereocenters. The average molecular weight is 421 g/mol. The van der Waals surface area contributed by atoms with Gasteiger partial charge in [-0.25, -0.2) is 9.18 Å². The van der Waals surface area contributed by atoms with Crippen LogP contribution in [0.5, 0.6) is 5.75 Å². The highest BCUT2D eigenvalue weighted by Crippen LogP contribution is 2.42. The van der Waals surface area contributed by atoms with Crippen molar-refractivity contribution in [3.63, 3.8) is 0 Å². The Morgan fingerprint density at radius 3 is 2.65 bits per heavy atom. The molecule has 6 heteroatoms. The molecule has 1 heterocycles. The summed E-state index contributed by atoms with van der Waals surface area (Å²) in [5, 5.41) is 3.23. The first-order valence-electron chi connectivity index (χ1n) is 10.3. The Bertz CT molecular complexity index is 1080. The molecular weight excluding hydrogens is 397 g/mol. The fourth-order valence-corrected chi connectivity index (χ4v) is 4.22. The van der Waals surface area contributed by atoms with Crippen molar-refractivity contribution in [3.05, 3.63) is 88.0 Å². The van der Waals surface area contributed by atoms with E-state index in [1.165, 1.54) is 12.1 Å². The number of dihydropyridines is 1. The highest BCUT2D eigenvalue weighted by atomic mass is 19.1. The molecule has 2 aromatic rings. The van der Waals surface area contributed by atoms with Crippen LogP contribution in [-0.2, 0) is 20.9 Å². The minimum Gasteiger partial charge on any atom is -0.497 e. The van der Waals surface area contributed by atoms with Gasteiger partial charge in [0.05, 0.1) is 12.7 Å². The molecule has 1 atom stereocenters. The lowest BCUT2D eigenvalue weighted by Crippen LogP contribution is -2.34. The van der Waals surface area contributed by atoms with Gasteiger partial charge in [0.15, 0.2) is 5.78 Å². The molecule has 31 heavy (non-hydrogen) atoms. The molecule has 2 aliphatic rings. The van der Waals surface area contributed by atoms with E-state index in [9.17, 15) is 14.0 Å². The van der Waals surface area contributed by atoms with Gasteiger partial charge in [-0.2, -0.15) is 0 Å². The van der Waals surface area contributed by atoms with E-state index in [1.807, 2.05) is 12.1 Å². The second-order valence-electron chi connectivity index (χ2n) is 7.74. The number of carbonyl (C=O) groups is 2. The Morgan fingerprint density at radius 1 is 1.16 bits per heavy atom. The topological polar surface area (TPSA) is 64.6 Å². The van der Waals surface area contributed by atoms with E-state index in [1.54, 1.807) is 38.3 Å². The lowest BCUT2D eigenvalue weighted by molar-refractivity contribution is -0.140. The van der Waals surface area contributed by atoms with Gasteiger partial charge in [-0.1, -0.05) is 24.3 Å². The number of rotatable bonds is 5. The van der Waals surface area contributed by atoms with Gasteiger partial charge in [0.1, 0.15) is 18.2 Å². The zero-order valence-corrected chi connectivity index (χ0v) is 17.5. The smallest absolute Gasteiger partial charge is 0.337 e. The maximum atomic E-state index is 14.0. The molecule has 1 N–H and O–H groups in total. The van der Waals surface area contributed by atoms with E-state index >= 15 is 0 Å². The molecule has 1 aliphatic heterocycles. The molecule has 1 aliphatic carbocycles. The summed E-state index contributed by atoms with van der Waals surface area (Å²) in [7, 11) is 1.59. The van der Waals surface area contributed by atoms with Crippen LogP contribution in [-0.4, -0.2) is 18.9 Å². The van der Waals surface area contributed by atoms with Crippen molar-refractivity contribution in [1.29, 1.82) is 0 Å². The largest absolute Gasteiger partial charge is 0.497 e. The minimum absolute atomic E-state index is 0.0176. The number of methoxy groups -OCH3 is 1. The fraction of sp³-hybridized carbons (Fsp3) is 0.280. The summed E-state index contributed by atoms with van der Waals surface area (Å²) in [4.78, 5) is 26.0. The number of ether oxygens (including phenoxy) is 2. The van der Waals surface area contributed by atoms with Gasteiger partial charge in [0.2, 0.25) is 0 Å². The molecule has 2 aromatic carbocycles. The number of hydrogen-bond donors (Lipinski definition) is 1. The summed E-state index contributed by atoms with van der Waals surface area (Å²) in [5.41, 5.74) is 3.70. The predicted octanol–water partition coefficient (Wildman–Crippen LogP) is 4.55. The fourth-order valence-electron chi connectivity index (χ4n) is 4.22. The number of nitrogens with one attached hydrogen (secondary N) is 1. The zero-order valence-electron chi connectivity index (χ0n) is 17.5. The first kappa shape index (κ1) is 20.8. The second kappa shape index (κ2) is 8.76. The van der Waals surface area contributed by atoms with E-state index in [-0.39, 0.29) is 12.4 Å². The van der Waals surface area contributed by atoms with Gasteiger partial charge >= 0.3 is 5.97 Å². The van der Waals surface area contributed by atoms with E-state index in [4.69, 9.17) is 9.47 Å². The molecule has 0 spiro atoms. The van der Waals surface area contributed by atoms with Gasteiger partial charge in [-0.05, 0) is 55.2 Å². The standard InChI is InChI=1S/C25H24FNO4/c1-15-22(25(29)31-14-16-9-11-19(30-2)12-10-16)23(17-5-3-6-18(26)13-17)24-20(27-15)7-4-8-21(24)28/h3,5-6,9-13,23,27H,4,7-8,14H2,1-2H3/t23-/m0/s1. The van der Waals surface area contributed by atoms with Crippen LogP contribution in [0.3, 0.4) is 0 Å². The summed E-state index contributed by atoms with van der Waals surface area (Å²) in [6.45, 7) is 1.87. The first-order valence-corrected chi connectivity index (χ1v) is 10.3. The molecule has 4 rings (SSSR count). The number of esters is 1. The molecule has 0 amide bonds. The molecule has 0 radical (unpaired) electrons. The molecule has 160 valence electrons. The number of carbonyl (C=O) groups excluding carboxylic acids is 2. The third-order valence-corrected chi connectivity index (χ3v) is 5.71. The Kier molecular flexibility index (Phi) is 5.89. The Hall–Kier alpha value is -3.41. The van der Waals surface area contributed by atoms with Crippen molar-refractivity contribution >= 4 is 11.8 Å². The van der Waals surface area contributed by atoms with Crippen LogP contribution in [0, 0.1) is 5.82 Å². The van der Waals surface area contributed by atoms with Crippen molar-refractivity contribution in [2.24, 2.45) is 0 Å². The van der Waals surface area contributed by atoms with Crippen molar-refractivity contribution in [3.8, 4) is 5.75 Å². The van der Waals surface area contributed by atoms with Crippen LogP contribution >= 0.6 is 0 Å². The molecule has 5 nitrogen and oxygen atoms in total. The normalized spacial score (nSPS) is 18.4. The summed E-state index contributed by atoms with van der Waals surface area (Å²) in [6, 6.07) is 13.3. The minimum atomic E-state index is -0.650. The number of Topliss-reactive ketones (excluding diaryl/α,β-unsaturated/α-hetero) is 1. The zero-order chi connectivity index (χ0) is 22.0. The Morgan fingerprint density at radius 2 is 1.94 bits per heavy atom. The monoisotopic (exact) mass is 421 g/mol. The molecule has 0 aromatic heterocycles. The third kappa shape index (κ3) is 4.24. The molecule has 0 bridgehead atoms. The quantitative estimate of drug-likeness (QED) is 0.718. The van der Waals surface area contributed by atoms with Crippen molar-refractivity contribution < 1.29 is 23.5 Å². The van der Waals surface area contributed by atoms with Crippen LogP contribution < -0.4 is 10.1 Å². The average Bonchev–Trinajstić information content (AvgIpc) is 2.77. The summed E-state index contributed by atoms with van der Waals surface area (Å²) in [5.74, 6) is -0.893. The van der Waals surface area contributed by atoms with Gasteiger partial charge in [0, 0.05) is 29.3 Å². The first-order chi connectivity index (χ1) is 15.0. The SMILES string of the molecule is COc1ccc(COC(=O)C2=C(C)NC3=C(C(=O)CCC3)[C@H]2c2cccc(F)c2)cc1. The summed E-state index contributed by atoms with van der Waals surface area (Å²) >= 11 is 0.